The van der Waals surface area contributed by atoms with Crippen LogP contribution in [-0.2, 0) is 11.3 Å². The van der Waals surface area contributed by atoms with E-state index >= 15 is 0 Å². The minimum Gasteiger partial charge on any atom is -0.337 e. The monoisotopic (exact) mass is 247 g/mol. The van der Waals surface area contributed by atoms with E-state index in [1.54, 1.807) is 6.20 Å². The SMILES string of the molecule is CCN(Cc1ccccn1)C(=O)[C@@H]1CCCNC1. The van der Waals surface area contributed by atoms with Gasteiger partial charge in [-0.15, -0.1) is 0 Å². The number of nitrogens with zero attached hydrogens (tertiary/aromatic N) is 2. The molecule has 2 rings (SSSR count). The molecule has 0 spiro atoms. The van der Waals surface area contributed by atoms with E-state index in [1.807, 2.05) is 30.0 Å². The summed E-state index contributed by atoms with van der Waals surface area (Å²) in [5.41, 5.74) is 0.955. The number of rotatable bonds is 4. The van der Waals surface area contributed by atoms with Gasteiger partial charge >= 0.3 is 0 Å². The molecule has 1 saturated heterocycles. The number of amides is 1. The Morgan fingerprint density at radius 1 is 1.56 bits per heavy atom. The van der Waals surface area contributed by atoms with Gasteiger partial charge in [-0.25, -0.2) is 0 Å². The first-order chi connectivity index (χ1) is 8.81. The lowest BCUT2D eigenvalue weighted by Crippen LogP contribution is -2.42. The van der Waals surface area contributed by atoms with Crippen LogP contribution in [0.15, 0.2) is 24.4 Å². The molecule has 1 fully saturated rings. The lowest BCUT2D eigenvalue weighted by atomic mass is 9.98. The van der Waals surface area contributed by atoms with Gasteiger partial charge in [0.15, 0.2) is 0 Å². The highest BCUT2D eigenvalue weighted by atomic mass is 16.2. The van der Waals surface area contributed by atoms with Crippen molar-refractivity contribution in [3.63, 3.8) is 0 Å². The maximum Gasteiger partial charge on any atom is 0.227 e. The molecule has 1 N–H and O–H groups in total. The molecule has 0 bridgehead atoms. The average molecular weight is 247 g/mol. The van der Waals surface area contributed by atoms with Crippen LogP contribution in [0.5, 0.6) is 0 Å². The second kappa shape index (κ2) is 6.50. The summed E-state index contributed by atoms with van der Waals surface area (Å²) in [4.78, 5) is 18.6. The first kappa shape index (κ1) is 13.0. The summed E-state index contributed by atoms with van der Waals surface area (Å²) in [6.07, 6.45) is 3.87. The third-order valence-corrected chi connectivity index (χ3v) is 3.42. The van der Waals surface area contributed by atoms with E-state index in [0.29, 0.717) is 6.54 Å². The second-order valence-corrected chi connectivity index (χ2v) is 4.72. The molecule has 1 atom stereocenters. The molecule has 1 aromatic rings. The number of aromatic nitrogens is 1. The van der Waals surface area contributed by atoms with Crippen LogP contribution in [-0.4, -0.2) is 35.4 Å². The fraction of sp³-hybridized carbons (Fsp3) is 0.571. The topological polar surface area (TPSA) is 45.2 Å². The van der Waals surface area contributed by atoms with Crippen molar-refractivity contribution >= 4 is 5.91 Å². The zero-order valence-electron chi connectivity index (χ0n) is 10.9. The number of hydrogen-bond acceptors (Lipinski definition) is 3. The van der Waals surface area contributed by atoms with Crippen molar-refractivity contribution in [2.24, 2.45) is 5.92 Å². The van der Waals surface area contributed by atoms with Crippen LogP contribution in [0, 0.1) is 5.92 Å². The molecule has 0 aliphatic carbocycles. The number of piperidine rings is 1. The molecule has 0 unspecified atom stereocenters. The van der Waals surface area contributed by atoms with E-state index in [-0.39, 0.29) is 11.8 Å². The second-order valence-electron chi connectivity index (χ2n) is 4.72. The third-order valence-electron chi connectivity index (χ3n) is 3.42. The highest BCUT2D eigenvalue weighted by Crippen LogP contribution is 2.14. The van der Waals surface area contributed by atoms with E-state index < -0.39 is 0 Å². The van der Waals surface area contributed by atoms with Crippen LogP contribution in [0.1, 0.15) is 25.5 Å². The summed E-state index contributed by atoms with van der Waals surface area (Å²) < 4.78 is 0. The molecule has 4 heteroatoms. The fourth-order valence-electron chi connectivity index (χ4n) is 2.35. The van der Waals surface area contributed by atoms with Gasteiger partial charge < -0.3 is 10.2 Å². The highest BCUT2D eigenvalue weighted by molar-refractivity contribution is 5.79. The van der Waals surface area contributed by atoms with E-state index in [1.165, 1.54) is 0 Å². The van der Waals surface area contributed by atoms with Gasteiger partial charge in [-0.3, -0.25) is 9.78 Å². The standard InChI is InChI=1S/C14H21N3O/c1-2-17(11-13-7-3-4-9-16-13)14(18)12-6-5-8-15-10-12/h3-4,7,9,12,15H,2,5-6,8,10-11H2,1H3/t12-/m1/s1. The smallest absolute Gasteiger partial charge is 0.227 e. The summed E-state index contributed by atoms with van der Waals surface area (Å²) in [6, 6.07) is 5.82. The first-order valence-electron chi connectivity index (χ1n) is 6.70. The number of nitrogens with one attached hydrogen (secondary N) is 1. The first-order valence-corrected chi connectivity index (χ1v) is 6.70. The van der Waals surface area contributed by atoms with Crippen LogP contribution in [0.25, 0.3) is 0 Å². The molecule has 1 aliphatic heterocycles. The van der Waals surface area contributed by atoms with Crippen molar-refractivity contribution in [3.05, 3.63) is 30.1 Å². The summed E-state index contributed by atoms with van der Waals surface area (Å²) in [6.45, 7) is 5.24. The van der Waals surface area contributed by atoms with Gasteiger partial charge in [0.25, 0.3) is 0 Å². The minimum atomic E-state index is 0.141. The number of carbonyl (C=O) groups excluding carboxylic acids is 1. The highest BCUT2D eigenvalue weighted by Gasteiger charge is 2.25. The molecule has 2 heterocycles. The molecule has 0 aromatic carbocycles. The molecule has 1 amide bonds. The van der Waals surface area contributed by atoms with Gasteiger partial charge in [0, 0.05) is 19.3 Å². The zero-order chi connectivity index (χ0) is 12.8. The van der Waals surface area contributed by atoms with E-state index in [2.05, 4.69) is 10.3 Å². The fourth-order valence-corrected chi connectivity index (χ4v) is 2.35. The van der Waals surface area contributed by atoms with E-state index in [0.717, 1.165) is 38.2 Å². The average Bonchev–Trinajstić information content (AvgIpc) is 2.46. The molecule has 4 nitrogen and oxygen atoms in total. The van der Waals surface area contributed by atoms with Crippen LogP contribution >= 0.6 is 0 Å². The van der Waals surface area contributed by atoms with Crippen molar-refractivity contribution < 1.29 is 4.79 Å². The Balaban J connectivity index is 1.97. The Morgan fingerprint density at radius 3 is 3.06 bits per heavy atom. The number of carbonyl (C=O) groups is 1. The predicted octanol–water partition coefficient (Wildman–Crippen LogP) is 1.43. The van der Waals surface area contributed by atoms with Crippen LogP contribution in [0.4, 0.5) is 0 Å². The Kier molecular flexibility index (Phi) is 4.70. The number of pyridine rings is 1. The Morgan fingerprint density at radius 2 is 2.44 bits per heavy atom. The van der Waals surface area contributed by atoms with E-state index in [9.17, 15) is 4.79 Å². The lowest BCUT2D eigenvalue weighted by Gasteiger charge is -2.28. The third kappa shape index (κ3) is 3.29. The number of hydrogen-bond donors (Lipinski definition) is 1. The van der Waals surface area contributed by atoms with Gasteiger partial charge in [-0.1, -0.05) is 6.07 Å². The molecule has 0 radical (unpaired) electrons. The van der Waals surface area contributed by atoms with Crippen molar-refractivity contribution in [1.29, 1.82) is 0 Å². The molecule has 0 saturated carbocycles. The summed E-state index contributed by atoms with van der Waals surface area (Å²) >= 11 is 0. The Hall–Kier alpha value is -1.42. The normalized spacial score (nSPS) is 19.5. The van der Waals surface area contributed by atoms with Crippen LogP contribution in [0.2, 0.25) is 0 Å². The van der Waals surface area contributed by atoms with Crippen LogP contribution in [0.3, 0.4) is 0 Å². The summed E-state index contributed by atoms with van der Waals surface area (Å²) in [7, 11) is 0. The quantitative estimate of drug-likeness (QED) is 0.875. The van der Waals surface area contributed by atoms with Crippen molar-refractivity contribution in [1.82, 2.24) is 15.2 Å². The molecule has 18 heavy (non-hydrogen) atoms. The van der Waals surface area contributed by atoms with E-state index in [4.69, 9.17) is 0 Å². The van der Waals surface area contributed by atoms with Crippen molar-refractivity contribution in [3.8, 4) is 0 Å². The maximum absolute atomic E-state index is 12.4. The largest absolute Gasteiger partial charge is 0.337 e. The van der Waals surface area contributed by atoms with Gasteiger partial charge in [0.05, 0.1) is 18.2 Å². The molecule has 1 aromatic heterocycles. The summed E-state index contributed by atoms with van der Waals surface area (Å²) in [5.74, 6) is 0.401. The summed E-state index contributed by atoms with van der Waals surface area (Å²) in [5, 5.41) is 3.30. The molecular weight excluding hydrogens is 226 g/mol. The van der Waals surface area contributed by atoms with Gasteiger partial charge in [0.1, 0.15) is 0 Å². The van der Waals surface area contributed by atoms with Crippen molar-refractivity contribution in [2.45, 2.75) is 26.3 Å². The minimum absolute atomic E-state index is 0.141. The van der Waals surface area contributed by atoms with Gasteiger partial charge in [0.2, 0.25) is 5.91 Å². The molecular formula is C14H21N3O. The maximum atomic E-state index is 12.4. The van der Waals surface area contributed by atoms with Crippen LogP contribution < -0.4 is 5.32 Å². The molecule has 1 aliphatic rings. The Labute approximate surface area is 108 Å². The van der Waals surface area contributed by atoms with Gasteiger partial charge in [-0.2, -0.15) is 0 Å². The zero-order valence-corrected chi connectivity index (χ0v) is 10.9. The molecule has 98 valence electrons. The van der Waals surface area contributed by atoms with Crippen molar-refractivity contribution in [2.75, 3.05) is 19.6 Å². The Bertz CT molecular complexity index is 374. The predicted molar refractivity (Wildman–Crippen MR) is 70.9 cm³/mol. The lowest BCUT2D eigenvalue weighted by molar-refractivity contribution is -0.136. The van der Waals surface area contributed by atoms with Gasteiger partial charge in [-0.05, 0) is 38.4 Å².